The van der Waals surface area contributed by atoms with Crippen LogP contribution in [0.5, 0.6) is 5.75 Å². The van der Waals surface area contributed by atoms with E-state index in [9.17, 15) is 30.7 Å². The van der Waals surface area contributed by atoms with Gasteiger partial charge < -0.3 is 9.47 Å². The number of esters is 1. The number of benzene rings is 2. The molecule has 2 aromatic rings. The number of ether oxygens (including phenoxy) is 2. The summed E-state index contributed by atoms with van der Waals surface area (Å²) < 4.78 is 76.6. The van der Waals surface area contributed by atoms with Gasteiger partial charge in [-0.1, -0.05) is 30.8 Å². The van der Waals surface area contributed by atoms with E-state index in [1.807, 2.05) is 0 Å². The van der Waals surface area contributed by atoms with Crippen LogP contribution >= 0.6 is 0 Å². The molecule has 0 unspecified atom stereocenters. The predicted octanol–water partition coefficient (Wildman–Crippen LogP) is 2.22. The van der Waals surface area contributed by atoms with E-state index in [4.69, 9.17) is 9.47 Å². The molecule has 11 heteroatoms. The lowest BCUT2D eigenvalue weighted by atomic mass is 10.1. The third-order valence-electron chi connectivity index (χ3n) is 3.57. The highest BCUT2D eigenvalue weighted by Crippen LogP contribution is 2.37. The van der Waals surface area contributed by atoms with Gasteiger partial charge in [0.1, 0.15) is 10.6 Å². The lowest BCUT2D eigenvalue weighted by molar-refractivity contribution is -0.139. The van der Waals surface area contributed by atoms with Crippen molar-refractivity contribution < 1.29 is 40.2 Å². The molecule has 0 aliphatic heterocycles. The first-order valence-corrected chi connectivity index (χ1v) is 10.8. The minimum absolute atomic E-state index is 0.0500. The van der Waals surface area contributed by atoms with Gasteiger partial charge in [-0.05, 0) is 18.4 Å². The van der Waals surface area contributed by atoms with Crippen molar-refractivity contribution in [2.75, 3.05) is 13.2 Å². The van der Waals surface area contributed by atoms with Gasteiger partial charge in [-0.3, -0.25) is 9.11 Å². The largest absolute Gasteiger partial charge is 0.492 e. The normalized spacial score (nSPS) is 12.0. The van der Waals surface area contributed by atoms with Crippen LogP contribution in [0.1, 0.15) is 13.3 Å². The molecule has 152 valence electrons. The summed E-state index contributed by atoms with van der Waals surface area (Å²) in [6.45, 7) is 4.69. The Morgan fingerprint density at radius 2 is 1.64 bits per heavy atom. The van der Waals surface area contributed by atoms with Crippen LogP contribution in [0.15, 0.2) is 52.3 Å². The SMILES string of the molecule is C=C(C)C(=O)OCCCOc1cc2ccccc2c(S(=O)(=O)O)c1S(=O)(=O)O. The Balaban J connectivity index is 2.43. The van der Waals surface area contributed by atoms with E-state index in [-0.39, 0.29) is 36.0 Å². The van der Waals surface area contributed by atoms with Crippen LogP contribution < -0.4 is 4.74 Å². The number of rotatable bonds is 8. The Morgan fingerprint density at radius 3 is 2.21 bits per heavy atom. The summed E-state index contributed by atoms with van der Waals surface area (Å²) in [4.78, 5) is 9.26. The van der Waals surface area contributed by atoms with E-state index >= 15 is 0 Å². The van der Waals surface area contributed by atoms with Crippen LogP contribution in [0.2, 0.25) is 0 Å². The van der Waals surface area contributed by atoms with Crippen molar-refractivity contribution in [1.82, 2.24) is 0 Å². The fourth-order valence-corrected chi connectivity index (χ4v) is 4.55. The summed E-state index contributed by atoms with van der Waals surface area (Å²) in [5, 5.41) is 0.173. The molecule has 28 heavy (non-hydrogen) atoms. The number of hydrogen-bond acceptors (Lipinski definition) is 7. The maximum absolute atomic E-state index is 11.8. The van der Waals surface area contributed by atoms with Crippen molar-refractivity contribution in [2.45, 2.75) is 23.1 Å². The molecule has 0 aliphatic rings. The van der Waals surface area contributed by atoms with Crippen LogP contribution in [-0.2, 0) is 29.8 Å². The zero-order valence-corrected chi connectivity index (χ0v) is 16.4. The number of carbonyl (C=O) groups excluding carboxylic acids is 1. The van der Waals surface area contributed by atoms with E-state index < -0.39 is 41.7 Å². The van der Waals surface area contributed by atoms with Gasteiger partial charge >= 0.3 is 5.97 Å². The van der Waals surface area contributed by atoms with Crippen molar-refractivity contribution >= 4 is 37.0 Å². The molecule has 0 spiro atoms. The summed E-state index contributed by atoms with van der Waals surface area (Å²) in [5.74, 6) is -1.06. The highest BCUT2D eigenvalue weighted by molar-refractivity contribution is 7.89. The molecule has 9 nitrogen and oxygen atoms in total. The maximum atomic E-state index is 11.8. The van der Waals surface area contributed by atoms with E-state index in [1.54, 1.807) is 6.07 Å². The minimum atomic E-state index is -5.07. The molecule has 0 saturated heterocycles. The van der Waals surface area contributed by atoms with E-state index in [1.165, 1.54) is 31.2 Å². The Hall–Kier alpha value is -2.47. The van der Waals surface area contributed by atoms with Crippen LogP contribution in [0, 0.1) is 0 Å². The standard InChI is InChI=1S/C17H18O9S2/c1-11(2)17(18)26-9-5-8-25-14-10-12-6-3-4-7-13(12)15(27(19,20)21)16(14)28(22,23)24/h3-4,6-7,10H,1,5,8-9H2,2H3,(H,19,20,21)(H,22,23,24). The van der Waals surface area contributed by atoms with Crippen LogP contribution in [0.3, 0.4) is 0 Å². The predicted molar refractivity (Wildman–Crippen MR) is 99.5 cm³/mol. The van der Waals surface area contributed by atoms with Gasteiger partial charge in [0.2, 0.25) is 0 Å². The molecule has 0 atom stereocenters. The molecule has 0 bridgehead atoms. The van der Waals surface area contributed by atoms with Crippen molar-refractivity contribution in [1.29, 1.82) is 0 Å². The lowest BCUT2D eigenvalue weighted by Gasteiger charge is -2.15. The second-order valence-electron chi connectivity index (χ2n) is 5.82. The van der Waals surface area contributed by atoms with Gasteiger partial charge in [-0.15, -0.1) is 0 Å². The molecule has 0 heterocycles. The Labute approximate surface area is 162 Å². The Bertz CT molecular complexity index is 1130. The third-order valence-corrected chi connectivity index (χ3v) is 5.56. The number of carbonyl (C=O) groups is 1. The summed E-state index contributed by atoms with van der Waals surface area (Å²) in [6, 6.07) is 7.02. The molecule has 2 rings (SSSR count). The van der Waals surface area contributed by atoms with E-state index in [2.05, 4.69) is 6.58 Å². The second kappa shape index (κ2) is 8.27. The molecule has 0 amide bonds. The minimum Gasteiger partial charge on any atom is -0.492 e. The number of fused-ring (bicyclic) bond motifs is 1. The Morgan fingerprint density at radius 1 is 1.04 bits per heavy atom. The second-order valence-corrected chi connectivity index (χ2v) is 8.54. The molecule has 0 fully saturated rings. The molecular weight excluding hydrogens is 412 g/mol. The van der Waals surface area contributed by atoms with Crippen LogP contribution in [0.25, 0.3) is 10.8 Å². The summed E-state index contributed by atoms with van der Waals surface area (Å²) in [5.41, 5.74) is 0.210. The van der Waals surface area contributed by atoms with Gasteiger partial charge in [-0.2, -0.15) is 16.8 Å². The van der Waals surface area contributed by atoms with Gasteiger partial charge in [0.25, 0.3) is 20.2 Å². The van der Waals surface area contributed by atoms with Gasteiger partial charge in [0, 0.05) is 17.4 Å². The average Bonchev–Trinajstić information content (AvgIpc) is 2.58. The van der Waals surface area contributed by atoms with E-state index in [0.29, 0.717) is 0 Å². The highest BCUT2D eigenvalue weighted by Gasteiger charge is 2.31. The van der Waals surface area contributed by atoms with E-state index in [0.717, 1.165) is 0 Å². The van der Waals surface area contributed by atoms with Crippen molar-refractivity contribution in [3.8, 4) is 5.75 Å². The summed E-state index contributed by atoms with van der Waals surface area (Å²) in [6.07, 6.45) is 0.151. The topological polar surface area (TPSA) is 144 Å². The smallest absolute Gasteiger partial charge is 0.333 e. The van der Waals surface area contributed by atoms with Crippen LogP contribution in [-0.4, -0.2) is 45.1 Å². The fraction of sp³-hybridized carbons (Fsp3) is 0.235. The molecule has 0 saturated carbocycles. The lowest BCUT2D eigenvalue weighted by Crippen LogP contribution is -2.13. The fourth-order valence-electron chi connectivity index (χ4n) is 2.41. The average molecular weight is 430 g/mol. The first-order valence-electron chi connectivity index (χ1n) is 7.89. The summed E-state index contributed by atoms with van der Waals surface area (Å²) >= 11 is 0. The molecule has 0 aliphatic carbocycles. The zero-order chi connectivity index (χ0) is 21.1. The third kappa shape index (κ3) is 5.07. The first kappa shape index (κ1) is 21.8. The maximum Gasteiger partial charge on any atom is 0.333 e. The highest BCUT2D eigenvalue weighted by atomic mass is 32.2. The van der Waals surface area contributed by atoms with Gasteiger partial charge in [0.05, 0.1) is 13.2 Å². The van der Waals surface area contributed by atoms with Crippen molar-refractivity contribution in [2.24, 2.45) is 0 Å². The van der Waals surface area contributed by atoms with Crippen molar-refractivity contribution in [3.63, 3.8) is 0 Å². The molecule has 0 radical (unpaired) electrons. The van der Waals surface area contributed by atoms with Gasteiger partial charge in [0.15, 0.2) is 4.90 Å². The first-order chi connectivity index (χ1) is 12.9. The van der Waals surface area contributed by atoms with Gasteiger partial charge in [-0.25, -0.2) is 4.79 Å². The summed E-state index contributed by atoms with van der Waals surface area (Å²) in [7, 11) is -10.1. The monoisotopic (exact) mass is 430 g/mol. The Kier molecular flexibility index (Phi) is 6.44. The molecule has 2 aromatic carbocycles. The quantitative estimate of drug-likeness (QED) is 0.279. The van der Waals surface area contributed by atoms with Crippen molar-refractivity contribution in [3.05, 3.63) is 42.5 Å². The zero-order valence-electron chi connectivity index (χ0n) is 14.8. The number of hydrogen-bond donors (Lipinski definition) is 2. The molecular formula is C17H18O9S2. The molecule has 0 aromatic heterocycles. The van der Waals surface area contributed by atoms with Crippen LogP contribution in [0.4, 0.5) is 0 Å². The molecule has 2 N–H and O–H groups in total.